The fraction of sp³-hybridized carbons (Fsp3) is 0.111. The van der Waals surface area contributed by atoms with Crippen molar-refractivity contribution in [1.82, 2.24) is 9.88 Å². The first-order chi connectivity index (χ1) is 15.7. The molecule has 5 rings (SSSR count). The van der Waals surface area contributed by atoms with E-state index in [2.05, 4.69) is 22.0 Å². The molecule has 1 aliphatic rings. The molecule has 0 aliphatic carbocycles. The first-order valence-electron chi connectivity index (χ1n) is 10.7. The molecule has 0 saturated carbocycles. The second kappa shape index (κ2) is 8.65. The molecule has 1 aliphatic heterocycles. The number of benzene rings is 3. The third-order valence-electron chi connectivity index (χ3n) is 5.70. The molecule has 5 nitrogen and oxygen atoms in total. The number of hydrogen-bond donors (Lipinski definition) is 2. The van der Waals surface area contributed by atoms with Gasteiger partial charge in [0.2, 0.25) is 5.91 Å². The van der Waals surface area contributed by atoms with Crippen molar-refractivity contribution in [3.63, 3.8) is 0 Å². The monoisotopic (exact) mass is 420 g/mol. The summed E-state index contributed by atoms with van der Waals surface area (Å²) in [7, 11) is 0. The van der Waals surface area contributed by atoms with E-state index in [4.69, 9.17) is 10.7 Å². The van der Waals surface area contributed by atoms with E-state index in [-0.39, 0.29) is 5.91 Å². The van der Waals surface area contributed by atoms with Gasteiger partial charge in [0.1, 0.15) is 0 Å². The molecule has 158 valence electrons. The van der Waals surface area contributed by atoms with E-state index in [9.17, 15) is 4.79 Å². The van der Waals surface area contributed by atoms with Gasteiger partial charge in [0.25, 0.3) is 0 Å². The molecular formula is C27H24N4O. The van der Waals surface area contributed by atoms with Gasteiger partial charge in [-0.1, -0.05) is 78.9 Å². The van der Waals surface area contributed by atoms with Gasteiger partial charge in [-0.25, -0.2) is 0 Å². The number of hydrogen-bond acceptors (Lipinski definition) is 3. The maximum atomic E-state index is 13.1. The Morgan fingerprint density at radius 3 is 2.38 bits per heavy atom. The second-order valence-corrected chi connectivity index (χ2v) is 7.87. The minimum atomic E-state index is -0.665. The fourth-order valence-corrected chi connectivity index (χ4v) is 4.12. The quantitative estimate of drug-likeness (QED) is 0.512. The zero-order valence-corrected chi connectivity index (χ0v) is 17.6. The van der Waals surface area contributed by atoms with Crippen LogP contribution in [0.1, 0.15) is 28.6 Å². The number of nitrogens with one attached hydrogen (secondary N) is 1. The number of nitrogens with two attached hydrogens (primary N) is 1. The summed E-state index contributed by atoms with van der Waals surface area (Å²) in [6, 6.07) is 31.3. The first kappa shape index (κ1) is 20.0. The smallest absolute Gasteiger partial charge is 0.239 e. The van der Waals surface area contributed by atoms with E-state index in [0.29, 0.717) is 6.42 Å². The Kier molecular flexibility index (Phi) is 5.40. The van der Waals surface area contributed by atoms with E-state index in [1.54, 1.807) is 0 Å². The largest absolute Gasteiger partial charge is 0.328 e. The van der Waals surface area contributed by atoms with Crippen LogP contribution in [0.3, 0.4) is 0 Å². The lowest BCUT2D eigenvalue weighted by molar-refractivity contribution is -0.123. The molecule has 1 aromatic heterocycles. The third kappa shape index (κ3) is 3.86. The molecule has 2 atom stereocenters. The van der Waals surface area contributed by atoms with Crippen molar-refractivity contribution in [3.05, 3.63) is 126 Å². The van der Waals surface area contributed by atoms with Crippen LogP contribution in [-0.4, -0.2) is 22.2 Å². The summed E-state index contributed by atoms with van der Waals surface area (Å²) in [5, 5.41) is 3.08. The fourth-order valence-electron chi connectivity index (χ4n) is 4.12. The van der Waals surface area contributed by atoms with Gasteiger partial charge >= 0.3 is 0 Å². The zero-order chi connectivity index (χ0) is 21.9. The van der Waals surface area contributed by atoms with Crippen LogP contribution in [0.15, 0.2) is 108 Å². The van der Waals surface area contributed by atoms with Crippen LogP contribution < -0.4 is 11.1 Å². The average molecular weight is 421 g/mol. The normalized spacial score (nSPS) is 15.7. The summed E-state index contributed by atoms with van der Waals surface area (Å²) in [5.74, 6) is -0.228. The predicted octanol–water partition coefficient (Wildman–Crippen LogP) is 4.01. The molecule has 32 heavy (non-hydrogen) atoms. The van der Waals surface area contributed by atoms with Gasteiger partial charge < -0.3 is 15.6 Å². The minimum absolute atomic E-state index is 0.228. The van der Waals surface area contributed by atoms with E-state index in [1.807, 2.05) is 91.1 Å². The lowest BCUT2D eigenvalue weighted by Crippen LogP contribution is -2.43. The summed E-state index contributed by atoms with van der Waals surface area (Å²) in [5.41, 5.74) is 12.1. The maximum absolute atomic E-state index is 13.1. The van der Waals surface area contributed by atoms with Gasteiger partial charge in [-0.2, -0.15) is 0 Å². The number of nitrogens with zero attached hydrogens (tertiary/aromatic N) is 2. The Labute approximate surface area is 187 Å². The summed E-state index contributed by atoms with van der Waals surface area (Å²) >= 11 is 0. The minimum Gasteiger partial charge on any atom is -0.328 e. The molecule has 4 aromatic rings. The molecule has 0 radical (unpaired) electrons. The van der Waals surface area contributed by atoms with Gasteiger partial charge in [0.15, 0.2) is 6.17 Å². The van der Waals surface area contributed by atoms with E-state index in [0.717, 1.165) is 33.8 Å². The highest BCUT2D eigenvalue weighted by Crippen LogP contribution is 2.30. The lowest BCUT2D eigenvalue weighted by Gasteiger charge is -2.19. The van der Waals surface area contributed by atoms with Gasteiger partial charge in [-0.15, -0.1) is 0 Å². The van der Waals surface area contributed by atoms with Crippen molar-refractivity contribution in [1.29, 1.82) is 0 Å². The number of aromatic nitrogens is 1. The Morgan fingerprint density at radius 1 is 0.906 bits per heavy atom. The van der Waals surface area contributed by atoms with Gasteiger partial charge in [-0.05, 0) is 30.2 Å². The molecule has 5 heteroatoms. The SMILES string of the molecule is N[C@@H](Cc1ccccc1)C(=O)N[C@@H]1N=C(c2ccccc2)c2ccccc2-n2cccc21. The Bertz CT molecular complexity index is 1260. The molecule has 0 bridgehead atoms. The number of carbonyl (C=O) groups excluding carboxylic acids is 1. The van der Waals surface area contributed by atoms with Crippen LogP contribution in [-0.2, 0) is 11.2 Å². The van der Waals surface area contributed by atoms with Crippen LogP contribution in [0.2, 0.25) is 0 Å². The standard InChI is InChI=1S/C27H24N4O/c28-22(18-19-10-3-1-4-11-19)27(32)30-26-24-16-9-17-31(24)23-15-8-7-14-21(23)25(29-26)20-12-5-2-6-13-20/h1-17,22,26H,18,28H2,(H,30,32)/t22-,26-/m0/s1. The number of fused-ring (bicyclic) bond motifs is 3. The van der Waals surface area contributed by atoms with Crippen LogP contribution in [0.25, 0.3) is 5.69 Å². The van der Waals surface area contributed by atoms with Crippen LogP contribution in [0.5, 0.6) is 0 Å². The summed E-state index contributed by atoms with van der Waals surface area (Å²) < 4.78 is 2.09. The van der Waals surface area contributed by atoms with Crippen molar-refractivity contribution in [2.24, 2.45) is 10.7 Å². The molecule has 0 spiro atoms. The number of aliphatic imine (C=N–C) groups is 1. The van der Waals surface area contributed by atoms with Crippen molar-refractivity contribution < 1.29 is 4.79 Å². The van der Waals surface area contributed by atoms with E-state index in [1.165, 1.54) is 0 Å². The van der Waals surface area contributed by atoms with E-state index >= 15 is 0 Å². The topological polar surface area (TPSA) is 72.4 Å². The van der Waals surface area contributed by atoms with Crippen LogP contribution >= 0.6 is 0 Å². The third-order valence-corrected chi connectivity index (χ3v) is 5.70. The number of amides is 1. The van der Waals surface area contributed by atoms with Crippen molar-refractivity contribution >= 4 is 11.6 Å². The first-order valence-corrected chi connectivity index (χ1v) is 10.7. The van der Waals surface area contributed by atoms with Crippen molar-refractivity contribution in [2.75, 3.05) is 0 Å². The molecule has 3 aromatic carbocycles. The lowest BCUT2D eigenvalue weighted by atomic mass is 10.0. The second-order valence-electron chi connectivity index (χ2n) is 7.87. The van der Waals surface area contributed by atoms with Crippen LogP contribution in [0, 0.1) is 0 Å². The highest BCUT2D eigenvalue weighted by molar-refractivity contribution is 6.15. The van der Waals surface area contributed by atoms with Gasteiger partial charge in [-0.3, -0.25) is 9.79 Å². The molecular weight excluding hydrogens is 396 g/mol. The summed E-state index contributed by atoms with van der Waals surface area (Å²) in [6.07, 6.45) is 1.92. The predicted molar refractivity (Wildman–Crippen MR) is 127 cm³/mol. The molecule has 0 fully saturated rings. The maximum Gasteiger partial charge on any atom is 0.239 e. The molecule has 0 unspecified atom stereocenters. The van der Waals surface area contributed by atoms with Crippen molar-refractivity contribution in [2.45, 2.75) is 18.6 Å². The van der Waals surface area contributed by atoms with Crippen LogP contribution in [0.4, 0.5) is 0 Å². The average Bonchev–Trinajstić information content (AvgIpc) is 3.28. The highest BCUT2D eigenvalue weighted by Gasteiger charge is 2.27. The molecule has 3 N–H and O–H groups in total. The number of carbonyl (C=O) groups is 1. The van der Waals surface area contributed by atoms with E-state index < -0.39 is 12.2 Å². The number of para-hydroxylation sites is 1. The zero-order valence-electron chi connectivity index (χ0n) is 17.6. The highest BCUT2D eigenvalue weighted by atomic mass is 16.2. The Morgan fingerprint density at radius 2 is 1.59 bits per heavy atom. The molecule has 1 amide bonds. The summed E-state index contributed by atoms with van der Waals surface area (Å²) in [4.78, 5) is 18.1. The van der Waals surface area contributed by atoms with Crippen molar-refractivity contribution in [3.8, 4) is 5.69 Å². The number of rotatable bonds is 5. The Hall–Kier alpha value is -3.96. The Balaban J connectivity index is 1.52. The van der Waals surface area contributed by atoms with Gasteiger partial charge in [0.05, 0.1) is 23.1 Å². The summed E-state index contributed by atoms with van der Waals surface area (Å²) in [6.45, 7) is 0. The van der Waals surface area contributed by atoms with Gasteiger partial charge in [0, 0.05) is 17.3 Å². The molecule has 2 heterocycles. The molecule has 0 saturated heterocycles.